The fourth-order valence-corrected chi connectivity index (χ4v) is 3.40. The first-order valence-corrected chi connectivity index (χ1v) is 8.14. The number of likely N-dealkylation sites (N-methyl/N-ethyl adjacent to an activating group) is 1. The predicted octanol–water partition coefficient (Wildman–Crippen LogP) is 1.67. The van der Waals surface area contributed by atoms with E-state index in [0.29, 0.717) is 12.5 Å². The Bertz CT molecular complexity index is 312. The van der Waals surface area contributed by atoms with Crippen LogP contribution in [0.15, 0.2) is 0 Å². The van der Waals surface area contributed by atoms with Crippen molar-refractivity contribution in [2.75, 3.05) is 47.5 Å². The van der Waals surface area contributed by atoms with Crippen LogP contribution in [0.4, 0.5) is 0 Å². The van der Waals surface area contributed by atoms with Crippen molar-refractivity contribution in [1.82, 2.24) is 10.2 Å². The summed E-state index contributed by atoms with van der Waals surface area (Å²) in [6.45, 7) is 5.17. The van der Waals surface area contributed by atoms with Gasteiger partial charge in [-0.3, -0.25) is 4.79 Å². The second kappa shape index (κ2) is 9.38. The number of esters is 1. The van der Waals surface area contributed by atoms with Gasteiger partial charge in [-0.05, 0) is 59.2 Å². The Kier molecular flexibility index (Phi) is 8.22. The molecule has 0 amide bonds. The lowest BCUT2D eigenvalue weighted by atomic mass is 9.84. The molecule has 0 saturated heterocycles. The van der Waals surface area contributed by atoms with Gasteiger partial charge in [0.15, 0.2) is 0 Å². The molecule has 1 N–H and O–H groups in total. The van der Waals surface area contributed by atoms with Crippen LogP contribution >= 0.6 is 0 Å². The smallest absolute Gasteiger partial charge is 0.326 e. The lowest BCUT2D eigenvalue weighted by molar-refractivity contribution is -0.153. The van der Waals surface area contributed by atoms with Gasteiger partial charge in [-0.2, -0.15) is 0 Å². The van der Waals surface area contributed by atoms with Gasteiger partial charge in [-0.25, -0.2) is 0 Å². The number of nitrogens with one attached hydrogen (secondary N) is 1. The molecule has 2 atom stereocenters. The molecule has 21 heavy (non-hydrogen) atoms. The normalized spacial score (nSPS) is 25.5. The minimum atomic E-state index is -0.469. The van der Waals surface area contributed by atoms with Crippen molar-refractivity contribution in [1.29, 1.82) is 0 Å². The van der Waals surface area contributed by atoms with Crippen LogP contribution in [0.5, 0.6) is 0 Å². The quantitative estimate of drug-likeness (QED) is 0.491. The van der Waals surface area contributed by atoms with E-state index in [-0.39, 0.29) is 5.97 Å². The van der Waals surface area contributed by atoms with Crippen molar-refractivity contribution in [2.24, 2.45) is 5.92 Å². The standard InChI is InChI=1S/C16H32N2O3/c1-5-21-15(19)16(17-2)10-6-8-14(16)9-12-18(3)11-7-13-20-4/h14,17H,5-13H2,1-4H3. The summed E-state index contributed by atoms with van der Waals surface area (Å²) in [5.41, 5.74) is -0.469. The van der Waals surface area contributed by atoms with Crippen LogP contribution in [0.1, 0.15) is 39.0 Å². The van der Waals surface area contributed by atoms with Crippen molar-refractivity contribution in [3.63, 3.8) is 0 Å². The molecule has 0 aromatic carbocycles. The summed E-state index contributed by atoms with van der Waals surface area (Å²) >= 11 is 0. The number of carbonyl (C=O) groups is 1. The third-order valence-corrected chi connectivity index (χ3v) is 4.65. The lowest BCUT2D eigenvalue weighted by Gasteiger charge is -2.33. The Morgan fingerprint density at radius 1 is 1.43 bits per heavy atom. The van der Waals surface area contributed by atoms with Crippen molar-refractivity contribution in [3.05, 3.63) is 0 Å². The zero-order valence-corrected chi connectivity index (χ0v) is 14.1. The van der Waals surface area contributed by atoms with Gasteiger partial charge >= 0.3 is 5.97 Å². The average Bonchev–Trinajstić information content (AvgIpc) is 2.90. The van der Waals surface area contributed by atoms with Crippen LogP contribution in [0.2, 0.25) is 0 Å². The largest absolute Gasteiger partial charge is 0.465 e. The summed E-state index contributed by atoms with van der Waals surface area (Å²) in [6.07, 6.45) is 5.17. The first-order chi connectivity index (χ1) is 10.1. The molecule has 0 aromatic rings. The fraction of sp³-hybridized carbons (Fsp3) is 0.938. The van der Waals surface area contributed by atoms with Crippen molar-refractivity contribution in [3.8, 4) is 0 Å². The minimum Gasteiger partial charge on any atom is -0.465 e. The van der Waals surface area contributed by atoms with Gasteiger partial charge in [0, 0.05) is 20.3 Å². The maximum absolute atomic E-state index is 12.3. The van der Waals surface area contributed by atoms with Crippen molar-refractivity contribution < 1.29 is 14.3 Å². The third kappa shape index (κ3) is 4.94. The van der Waals surface area contributed by atoms with Crippen LogP contribution in [0.3, 0.4) is 0 Å². The molecule has 1 rings (SSSR count). The number of carbonyl (C=O) groups excluding carboxylic acids is 1. The third-order valence-electron chi connectivity index (χ3n) is 4.65. The van der Waals surface area contributed by atoms with E-state index in [2.05, 4.69) is 17.3 Å². The molecule has 2 unspecified atom stereocenters. The number of nitrogens with zero attached hydrogens (tertiary/aromatic N) is 1. The molecule has 5 nitrogen and oxygen atoms in total. The van der Waals surface area contributed by atoms with E-state index >= 15 is 0 Å². The lowest BCUT2D eigenvalue weighted by Crippen LogP contribution is -2.54. The van der Waals surface area contributed by atoms with E-state index in [0.717, 1.165) is 51.8 Å². The average molecular weight is 300 g/mol. The molecule has 0 spiro atoms. The highest BCUT2D eigenvalue weighted by Gasteiger charge is 2.48. The van der Waals surface area contributed by atoms with Crippen LogP contribution in [-0.4, -0.2) is 63.9 Å². The van der Waals surface area contributed by atoms with Gasteiger partial charge in [0.05, 0.1) is 6.61 Å². The predicted molar refractivity (Wildman–Crippen MR) is 84.4 cm³/mol. The SMILES string of the molecule is CCOC(=O)C1(NC)CCCC1CCN(C)CCCOC. The first kappa shape index (κ1) is 18.4. The number of hydrogen-bond donors (Lipinski definition) is 1. The molecule has 0 radical (unpaired) electrons. The zero-order valence-electron chi connectivity index (χ0n) is 14.1. The van der Waals surface area contributed by atoms with Crippen LogP contribution in [0.25, 0.3) is 0 Å². The highest BCUT2D eigenvalue weighted by molar-refractivity contribution is 5.81. The van der Waals surface area contributed by atoms with E-state index < -0.39 is 5.54 Å². The Balaban J connectivity index is 2.50. The molecule has 1 aliphatic rings. The monoisotopic (exact) mass is 300 g/mol. The topological polar surface area (TPSA) is 50.8 Å². The molecular weight excluding hydrogens is 268 g/mol. The molecule has 1 aliphatic carbocycles. The molecule has 0 heterocycles. The Labute approximate surface area is 129 Å². The van der Waals surface area contributed by atoms with Gasteiger partial charge in [0.25, 0.3) is 0 Å². The molecule has 124 valence electrons. The number of ether oxygens (including phenoxy) is 2. The van der Waals surface area contributed by atoms with Crippen LogP contribution < -0.4 is 5.32 Å². The van der Waals surface area contributed by atoms with E-state index in [1.54, 1.807) is 7.11 Å². The molecule has 1 fully saturated rings. The van der Waals surface area contributed by atoms with Gasteiger partial charge in [-0.15, -0.1) is 0 Å². The molecule has 0 aromatic heterocycles. The Morgan fingerprint density at radius 3 is 2.81 bits per heavy atom. The van der Waals surface area contributed by atoms with E-state index in [1.807, 2.05) is 14.0 Å². The fourth-order valence-electron chi connectivity index (χ4n) is 3.40. The second-order valence-electron chi connectivity index (χ2n) is 5.97. The van der Waals surface area contributed by atoms with Gasteiger partial charge in [0.1, 0.15) is 5.54 Å². The Morgan fingerprint density at radius 2 is 2.19 bits per heavy atom. The summed E-state index contributed by atoms with van der Waals surface area (Å²) in [6, 6.07) is 0. The summed E-state index contributed by atoms with van der Waals surface area (Å²) in [5.74, 6) is 0.295. The number of rotatable bonds is 10. The van der Waals surface area contributed by atoms with E-state index in [1.165, 1.54) is 0 Å². The summed E-state index contributed by atoms with van der Waals surface area (Å²) in [4.78, 5) is 14.7. The van der Waals surface area contributed by atoms with Crippen LogP contribution in [0, 0.1) is 5.92 Å². The molecular formula is C16H32N2O3. The van der Waals surface area contributed by atoms with Gasteiger partial charge in [0.2, 0.25) is 0 Å². The van der Waals surface area contributed by atoms with Gasteiger partial charge < -0.3 is 19.7 Å². The number of hydrogen-bond acceptors (Lipinski definition) is 5. The zero-order chi connectivity index (χ0) is 15.7. The molecule has 5 heteroatoms. The maximum Gasteiger partial charge on any atom is 0.326 e. The van der Waals surface area contributed by atoms with Crippen molar-refractivity contribution >= 4 is 5.97 Å². The molecule has 0 bridgehead atoms. The summed E-state index contributed by atoms with van der Waals surface area (Å²) in [7, 11) is 5.76. The summed E-state index contributed by atoms with van der Waals surface area (Å²) < 4.78 is 10.4. The minimum absolute atomic E-state index is 0.0722. The number of methoxy groups -OCH3 is 1. The maximum atomic E-state index is 12.3. The van der Waals surface area contributed by atoms with E-state index in [4.69, 9.17) is 9.47 Å². The van der Waals surface area contributed by atoms with Crippen molar-refractivity contribution in [2.45, 2.75) is 44.6 Å². The van der Waals surface area contributed by atoms with Crippen LogP contribution in [-0.2, 0) is 14.3 Å². The molecule has 0 aliphatic heterocycles. The highest BCUT2D eigenvalue weighted by Crippen LogP contribution is 2.38. The second-order valence-corrected chi connectivity index (χ2v) is 5.97. The summed E-state index contributed by atoms with van der Waals surface area (Å²) in [5, 5.41) is 3.28. The van der Waals surface area contributed by atoms with Gasteiger partial charge in [-0.1, -0.05) is 6.42 Å². The highest BCUT2D eigenvalue weighted by atomic mass is 16.5. The van der Waals surface area contributed by atoms with E-state index in [9.17, 15) is 4.79 Å². The molecule has 1 saturated carbocycles. The Hall–Kier alpha value is -0.650. The first-order valence-electron chi connectivity index (χ1n) is 8.14.